The van der Waals surface area contributed by atoms with Crippen molar-refractivity contribution < 1.29 is 38.9 Å². The third-order valence-electron chi connectivity index (χ3n) is 9.74. The number of fused-ring (bicyclic) bond motifs is 1. The molecule has 1 saturated heterocycles. The van der Waals surface area contributed by atoms with Crippen LogP contribution in [-0.4, -0.2) is 60.4 Å². The van der Waals surface area contributed by atoms with E-state index in [0.29, 0.717) is 19.4 Å². The van der Waals surface area contributed by atoms with Crippen LogP contribution in [0.3, 0.4) is 0 Å². The molecule has 0 aliphatic carbocycles. The maximum Gasteiger partial charge on any atom is 0.243 e. The van der Waals surface area contributed by atoms with Crippen molar-refractivity contribution >= 4 is 11.8 Å². The van der Waals surface area contributed by atoms with E-state index in [1.165, 1.54) is 11.1 Å². The molecule has 0 saturated carbocycles. The summed E-state index contributed by atoms with van der Waals surface area (Å²) in [5, 5.41) is 21.1. The summed E-state index contributed by atoms with van der Waals surface area (Å²) < 4.78 is 24.4. The summed E-state index contributed by atoms with van der Waals surface area (Å²) in [6.07, 6.45) is 1.42. The van der Waals surface area contributed by atoms with Gasteiger partial charge in [-0.2, -0.15) is 0 Å². The number of amides is 2. The summed E-state index contributed by atoms with van der Waals surface area (Å²) in [4.78, 5) is 25.9. The summed E-state index contributed by atoms with van der Waals surface area (Å²) in [6, 6.07) is 28.3. The van der Waals surface area contributed by atoms with E-state index in [0.717, 1.165) is 70.9 Å². The number of aliphatic hydroxyl groups excluding tert-OH is 1. The van der Waals surface area contributed by atoms with Crippen LogP contribution >= 0.6 is 0 Å². The Morgan fingerprint density at radius 2 is 1.54 bits per heavy atom. The standard InChI is InChI=1S/C41H47N3O8/c1-49-37-20-33-17-18-44(24-34(33)21-38(37)50-2)25-35-22-36(30-11-9-27(26-45)10-12-30)52-41(51-35)31-15-13-29(14-16-31)32-6-3-5-28(19-32)23-42-39(46)7-4-8-40(47)43-48/h3,5-6,9-16,19-21,35-36,41,45,48H,4,7-8,17-18,22-26H2,1-2H3,(H,42,46)(H,43,47). The van der Waals surface area contributed by atoms with Gasteiger partial charge in [-0.25, -0.2) is 5.48 Å². The van der Waals surface area contributed by atoms with Gasteiger partial charge in [0.2, 0.25) is 11.8 Å². The zero-order valence-electron chi connectivity index (χ0n) is 29.7. The molecule has 2 aliphatic heterocycles. The van der Waals surface area contributed by atoms with Crippen LogP contribution in [0.2, 0.25) is 0 Å². The average Bonchev–Trinajstić information content (AvgIpc) is 3.19. The van der Waals surface area contributed by atoms with Crippen molar-refractivity contribution in [1.82, 2.24) is 15.7 Å². The number of methoxy groups -OCH3 is 2. The minimum absolute atomic E-state index is 0.00938. The molecule has 2 aliphatic rings. The van der Waals surface area contributed by atoms with Gasteiger partial charge in [0.1, 0.15) is 0 Å². The van der Waals surface area contributed by atoms with Crippen LogP contribution in [0.4, 0.5) is 0 Å². The van der Waals surface area contributed by atoms with Gasteiger partial charge in [-0.1, -0.05) is 66.7 Å². The molecular weight excluding hydrogens is 662 g/mol. The Morgan fingerprint density at radius 3 is 2.25 bits per heavy atom. The maximum absolute atomic E-state index is 12.3. The highest BCUT2D eigenvalue weighted by atomic mass is 16.7. The Hall–Kier alpha value is -4.78. The molecule has 0 spiro atoms. The zero-order valence-corrected chi connectivity index (χ0v) is 29.7. The molecule has 3 unspecified atom stereocenters. The van der Waals surface area contributed by atoms with Crippen LogP contribution in [0.25, 0.3) is 11.1 Å². The Balaban J connectivity index is 1.14. The van der Waals surface area contributed by atoms with E-state index in [1.54, 1.807) is 19.7 Å². The molecule has 4 aromatic rings. The van der Waals surface area contributed by atoms with E-state index >= 15 is 0 Å². The van der Waals surface area contributed by atoms with E-state index in [1.807, 2.05) is 60.7 Å². The fourth-order valence-electron chi connectivity index (χ4n) is 6.87. The van der Waals surface area contributed by atoms with Crippen LogP contribution in [-0.2, 0) is 45.2 Å². The predicted octanol–water partition coefficient (Wildman–Crippen LogP) is 5.76. The third-order valence-corrected chi connectivity index (χ3v) is 9.74. The number of carbonyl (C=O) groups excluding carboxylic acids is 2. The van der Waals surface area contributed by atoms with Gasteiger partial charge >= 0.3 is 0 Å². The van der Waals surface area contributed by atoms with Gasteiger partial charge in [0.05, 0.1) is 33.0 Å². The SMILES string of the molecule is COc1cc2c(cc1OC)CN(CC1CC(c3ccc(CO)cc3)OC(c3ccc(-c4cccc(CNC(=O)CCCC(=O)NO)c4)cc3)O1)CC2. The molecule has 4 aromatic carbocycles. The maximum atomic E-state index is 12.3. The molecule has 0 bridgehead atoms. The molecule has 4 N–H and O–H groups in total. The lowest BCUT2D eigenvalue weighted by atomic mass is 9.96. The van der Waals surface area contributed by atoms with Gasteiger partial charge in [-0.3, -0.25) is 19.7 Å². The largest absolute Gasteiger partial charge is 0.493 e. The summed E-state index contributed by atoms with van der Waals surface area (Å²) in [5.74, 6) is 0.829. The van der Waals surface area contributed by atoms with Gasteiger partial charge in [0.25, 0.3) is 0 Å². The minimum atomic E-state index is -0.568. The average molecular weight is 710 g/mol. The van der Waals surface area contributed by atoms with Crippen molar-refractivity contribution in [3.05, 3.63) is 118 Å². The van der Waals surface area contributed by atoms with Crippen LogP contribution in [0, 0.1) is 0 Å². The highest BCUT2D eigenvalue weighted by Gasteiger charge is 2.34. The van der Waals surface area contributed by atoms with E-state index in [-0.39, 0.29) is 37.6 Å². The Bertz CT molecular complexity index is 1810. The summed E-state index contributed by atoms with van der Waals surface area (Å²) >= 11 is 0. The zero-order chi connectivity index (χ0) is 36.5. The molecule has 52 heavy (non-hydrogen) atoms. The lowest BCUT2D eigenvalue weighted by Crippen LogP contribution is -2.41. The quantitative estimate of drug-likeness (QED) is 0.0952. The number of ether oxygens (including phenoxy) is 4. The Morgan fingerprint density at radius 1 is 0.827 bits per heavy atom. The molecule has 274 valence electrons. The normalized spacial score (nSPS) is 18.7. The van der Waals surface area contributed by atoms with Gasteiger partial charge in [-0.15, -0.1) is 0 Å². The van der Waals surface area contributed by atoms with Gasteiger partial charge < -0.3 is 29.4 Å². The van der Waals surface area contributed by atoms with Crippen molar-refractivity contribution in [2.45, 2.75) is 70.3 Å². The first kappa shape index (κ1) is 37.0. The smallest absolute Gasteiger partial charge is 0.243 e. The number of rotatable bonds is 14. The number of hydrogen-bond donors (Lipinski definition) is 4. The summed E-state index contributed by atoms with van der Waals surface area (Å²) in [5.41, 5.74) is 9.91. The van der Waals surface area contributed by atoms with Crippen LogP contribution in [0.15, 0.2) is 84.9 Å². The van der Waals surface area contributed by atoms with Crippen LogP contribution in [0.1, 0.15) is 71.5 Å². The number of hydrogen-bond acceptors (Lipinski definition) is 9. The van der Waals surface area contributed by atoms with E-state index in [2.05, 4.69) is 34.5 Å². The number of carbonyl (C=O) groups is 2. The molecule has 6 rings (SSSR count). The van der Waals surface area contributed by atoms with Crippen LogP contribution in [0.5, 0.6) is 11.5 Å². The minimum Gasteiger partial charge on any atom is -0.493 e. The molecular formula is C41H47N3O8. The molecule has 0 aromatic heterocycles. The third kappa shape index (κ3) is 9.36. The Kier molecular flexibility index (Phi) is 12.5. The molecule has 0 radical (unpaired) electrons. The molecule has 2 amide bonds. The Labute approximate surface area is 304 Å². The summed E-state index contributed by atoms with van der Waals surface area (Å²) in [6.45, 7) is 2.80. The predicted molar refractivity (Wildman–Crippen MR) is 194 cm³/mol. The van der Waals surface area contributed by atoms with Gasteiger partial charge in [0, 0.05) is 51.0 Å². The number of nitrogens with zero attached hydrogens (tertiary/aromatic N) is 1. The fourth-order valence-corrected chi connectivity index (χ4v) is 6.87. The van der Waals surface area contributed by atoms with Crippen molar-refractivity contribution in [3.63, 3.8) is 0 Å². The fraction of sp³-hybridized carbons (Fsp3) is 0.366. The van der Waals surface area contributed by atoms with Crippen molar-refractivity contribution in [3.8, 4) is 22.6 Å². The van der Waals surface area contributed by atoms with E-state index in [4.69, 9.17) is 24.2 Å². The number of aliphatic hydroxyl groups is 1. The first-order chi connectivity index (χ1) is 25.3. The lowest BCUT2D eigenvalue weighted by molar-refractivity contribution is -0.253. The topological polar surface area (TPSA) is 139 Å². The molecule has 3 atom stereocenters. The molecule has 2 heterocycles. The number of hydroxylamine groups is 1. The van der Waals surface area contributed by atoms with Crippen LogP contribution < -0.4 is 20.3 Å². The summed E-state index contributed by atoms with van der Waals surface area (Å²) in [7, 11) is 3.33. The highest BCUT2D eigenvalue weighted by Crippen LogP contribution is 2.40. The second kappa shape index (κ2) is 17.6. The van der Waals surface area contributed by atoms with Gasteiger partial charge in [-0.05, 0) is 70.0 Å². The van der Waals surface area contributed by atoms with E-state index in [9.17, 15) is 14.7 Å². The first-order valence-corrected chi connectivity index (χ1v) is 17.7. The second-order valence-corrected chi connectivity index (χ2v) is 13.3. The second-order valence-electron chi connectivity index (χ2n) is 13.3. The number of benzene rings is 4. The lowest BCUT2D eigenvalue weighted by Gasteiger charge is -2.39. The first-order valence-electron chi connectivity index (χ1n) is 17.7. The molecule has 11 nitrogen and oxygen atoms in total. The van der Waals surface area contributed by atoms with Crippen molar-refractivity contribution in [2.75, 3.05) is 27.3 Å². The molecule has 11 heteroatoms. The highest BCUT2D eigenvalue weighted by molar-refractivity contribution is 5.78. The van der Waals surface area contributed by atoms with Gasteiger partial charge in [0.15, 0.2) is 17.8 Å². The monoisotopic (exact) mass is 709 g/mol. The van der Waals surface area contributed by atoms with E-state index < -0.39 is 12.2 Å². The van der Waals surface area contributed by atoms with Crippen molar-refractivity contribution in [1.29, 1.82) is 0 Å². The van der Waals surface area contributed by atoms with Crippen molar-refractivity contribution in [2.24, 2.45) is 0 Å². The molecule has 1 fully saturated rings. The number of nitrogens with one attached hydrogen (secondary N) is 2.